The summed E-state index contributed by atoms with van der Waals surface area (Å²) in [6.45, 7) is 12.1. The smallest absolute Gasteiger partial charge is 0.341 e. The van der Waals surface area contributed by atoms with Crippen LogP contribution in [0, 0.1) is 0 Å². The molecular weight excluding hydrogens is 268 g/mol. The van der Waals surface area contributed by atoms with E-state index in [2.05, 4.69) is 41.5 Å². The predicted octanol–water partition coefficient (Wildman–Crippen LogP) is 3.75. The van der Waals surface area contributed by atoms with Crippen LogP contribution in [0.25, 0.3) is 0 Å². The molecule has 0 spiro atoms. The minimum absolute atomic E-state index is 0.178. The number of carbonyl (C=O) groups is 1. The summed E-state index contributed by atoms with van der Waals surface area (Å²) < 4.78 is 11.0. The van der Waals surface area contributed by atoms with Crippen molar-refractivity contribution in [2.45, 2.75) is 52.4 Å². The molecule has 0 aromatic heterocycles. The van der Waals surface area contributed by atoms with Crippen LogP contribution in [0.4, 0.5) is 0 Å². The van der Waals surface area contributed by atoms with Gasteiger partial charge in [-0.1, -0.05) is 41.5 Å². The highest BCUT2D eigenvalue weighted by molar-refractivity contribution is 5.69. The van der Waals surface area contributed by atoms with Gasteiger partial charge in [-0.05, 0) is 23.0 Å². The number of methoxy groups -OCH3 is 1. The molecule has 0 amide bonds. The summed E-state index contributed by atoms with van der Waals surface area (Å²) in [5.74, 6) is 0.427. The second kappa shape index (κ2) is 5.96. The zero-order valence-electron chi connectivity index (χ0n) is 14.0. The molecule has 1 aromatic rings. The summed E-state index contributed by atoms with van der Waals surface area (Å²) in [7, 11) is 1.63. The van der Waals surface area contributed by atoms with Crippen LogP contribution in [0.15, 0.2) is 12.1 Å². The number of hydrogen-bond donors (Lipinski definition) is 1. The van der Waals surface area contributed by atoms with Gasteiger partial charge in [-0.15, -0.1) is 0 Å². The summed E-state index contributed by atoms with van der Waals surface area (Å²) in [6.07, 6.45) is 0. The molecule has 0 saturated carbocycles. The van der Waals surface area contributed by atoms with E-state index in [9.17, 15) is 4.79 Å². The van der Waals surface area contributed by atoms with Crippen LogP contribution < -0.4 is 9.47 Å². The molecule has 4 nitrogen and oxygen atoms in total. The molecular formula is C17H26O4. The number of ether oxygens (including phenoxy) is 2. The molecule has 0 bridgehead atoms. The minimum Gasteiger partial charge on any atom is -0.497 e. The Balaban J connectivity index is 3.55. The largest absolute Gasteiger partial charge is 0.497 e. The van der Waals surface area contributed by atoms with E-state index < -0.39 is 5.97 Å². The maximum atomic E-state index is 10.9. The lowest BCUT2D eigenvalue weighted by Crippen LogP contribution is -2.22. The highest BCUT2D eigenvalue weighted by atomic mass is 16.5. The summed E-state index contributed by atoms with van der Waals surface area (Å²) in [6, 6.07) is 3.85. The molecule has 0 fully saturated rings. The summed E-state index contributed by atoms with van der Waals surface area (Å²) in [5.41, 5.74) is 1.55. The zero-order chi connectivity index (χ0) is 16.4. The number of hydrogen-bond acceptors (Lipinski definition) is 3. The van der Waals surface area contributed by atoms with E-state index in [4.69, 9.17) is 14.6 Å². The first-order chi connectivity index (χ1) is 9.46. The first kappa shape index (κ1) is 17.3. The van der Waals surface area contributed by atoms with Crippen molar-refractivity contribution in [3.05, 3.63) is 23.3 Å². The van der Waals surface area contributed by atoms with Crippen molar-refractivity contribution in [3.63, 3.8) is 0 Å². The van der Waals surface area contributed by atoms with Crippen LogP contribution >= 0.6 is 0 Å². The first-order valence-corrected chi connectivity index (χ1v) is 7.04. The van der Waals surface area contributed by atoms with Gasteiger partial charge in [0.1, 0.15) is 11.5 Å². The van der Waals surface area contributed by atoms with Crippen LogP contribution in [0.5, 0.6) is 11.5 Å². The fourth-order valence-electron chi connectivity index (χ4n) is 2.12. The third-order valence-corrected chi connectivity index (χ3v) is 3.25. The minimum atomic E-state index is -0.981. The molecule has 21 heavy (non-hydrogen) atoms. The zero-order valence-corrected chi connectivity index (χ0v) is 14.0. The average molecular weight is 294 g/mol. The van der Waals surface area contributed by atoms with Gasteiger partial charge in [0.05, 0.1) is 7.11 Å². The van der Waals surface area contributed by atoms with Gasteiger partial charge in [-0.25, -0.2) is 4.79 Å². The topological polar surface area (TPSA) is 55.8 Å². The Morgan fingerprint density at radius 2 is 1.48 bits per heavy atom. The summed E-state index contributed by atoms with van der Waals surface area (Å²) in [4.78, 5) is 10.9. The van der Waals surface area contributed by atoms with Crippen LogP contribution in [-0.4, -0.2) is 24.8 Å². The number of rotatable bonds is 4. The predicted molar refractivity (Wildman–Crippen MR) is 83.5 cm³/mol. The lowest BCUT2D eigenvalue weighted by atomic mass is 9.79. The van der Waals surface area contributed by atoms with Gasteiger partial charge in [0.25, 0.3) is 0 Å². The van der Waals surface area contributed by atoms with Gasteiger partial charge >= 0.3 is 5.97 Å². The molecule has 0 atom stereocenters. The highest BCUT2D eigenvalue weighted by Gasteiger charge is 2.28. The Hall–Kier alpha value is -1.71. The Morgan fingerprint density at radius 1 is 1.05 bits per heavy atom. The molecule has 118 valence electrons. The van der Waals surface area contributed by atoms with Gasteiger partial charge in [-0.3, -0.25) is 0 Å². The van der Waals surface area contributed by atoms with Crippen molar-refractivity contribution < 1.29 is 19.4 Å². The first-order valence-electron chi connectivity index (χ1n) is 7.04. The molecule has 1 N–H and O–H groups in total. The van der Waals surface area contributed by atoms with E-state index in [0.717, 1.165) is 16.9 Å². The normalized spacial score (nSPS) is 12.1. The maximum absolute atomic E-state index is 10.9. The van der Waals surface area contributed by atoms with Crippen molar-refractivity contribution >= 4 is 5.97 Å². The Morgan fingerprint density at radius 3 is 1.76 bits per heavy atom. The van der Waals surface area contributed by atoms with Crippen molar-refractivity contribution in [1.82, 2.24) is 0 Å². The van der Waals surface area contributed by atoms with Gasteiger partial charge in [-0.2, -0.15) is 0 Å². The van der Waals surface area contributed by atoms with Gasteiger partial charge < -0.3 is 14.6 Å². The molecule has 0 aliphatic carbocycles. The van der Waals surface area contributed by atoms with E-state index >= 15 is 0 Å². The van der Waals surface area contributed by atoms with Crippen LogP contribution in [0.1, 0.15) is 52.7 Å². The fourth-order valence-corrected chi connectivity index (χ4v) is 2.12. The molecule has 0 unspecified atom stereocenters. The van der Waals surface area contributed by atoms with Crippen molar-refractivity contribution in [2.75, 3.05) is 13.7 Å². The Labute approximate surface area is 127 Å². The molecule has 1 aromatic carbocycles. The molecule has 1 rings (SSSR count). The molecule has 0 heterocycles. The molecule has 4 heteroatoms. The second-order valence-corrected chi connectivity index (χ2v) is 7.23. The quantitative estimate of drug-likeness (QED) is 0.918. The molecule has 0 radical (unpaired) electrons. The SMILES string of the molecule is COc1cc(C(C)(C)C)c(OCC(=O)O)c(C(C)(C)C)c1. The fraction of sp³-hybridized carbons (Fsp3) is 0.588. The number of carboxylic acid groups (broad SMARTS) is 1. The number of carboxylic acids is 1. The van der Waals surface area contributed by atoms with Crippen LogP contribution in [0.3, 0.4) is 0 Å². The summed E-state index contributed by atoms with van der Waals surface area (Å²) >= 11 is 0. The van der Waals surface area contributed by atoms with Gasteiger partial charge in [0.2, 0.25) is 0 Å². The maximum Gasteiger partial charge on any atom is 0.341 e. The number of benzene rings is 1. The highest BCUT2D eigenvalue weighted by Crippen LogP contribution is 2.42. The second-order valence-electron chi connectivity index (χ2n) is 7.23. The van der Waals surface area contributed by atoms with E-state index in [-0.39, 0.29) is 17.4 Å². The van der Waals surface area contributed by atoms with Crippen LogP contribution in [0.2, 0.25) is 0 Å². The molecule has 0 aliphatic rings. The number of aliphatic carboxylic acids is 1. The van der Waals surface area contributed by atoms with Crippen molar-refractivity contribution in [1.29, 1.82) is 0 Å². The van der Waals surface area contributed by atoms with E-state index in [1.807, 2.05) is 12.1 Å². The standard InChI is InChI=1S/C17H26O4/c1-16(2,3)12-8-11(20-7)9-13(17(4,5)6)15(12)21-10-14(18)19/h8-9H,10H2,1-7H3,(H,18,19). The van der Waals surface area contributed by atoms with Crippen molar-refractivity contribution in [3.8, 4) is 11.5 Å². The third-order valence-electron chi connectivity index (χ3n) is 3.25. The molecule has 0 aliphatic heterocycles. The molecule has 0 saturated heterocycles. The third kappa shape index (κ3) is 4.38. The lowest BCUT2D eigenvalue weighted by molar-refractivity contribution is -0.139. The Kier molecular flexibility index (Phi) is 4.92. The van der Waals surface area contributed by atoms with E-state index in [0.29, 0.717) is 5.75 Å². The summed E-state index contributed by atoms with van der Waals surface area (Å²) in [5, 5.41) is 8.91. The average Bonchev–Trinajstić information content (AvgIpc) is 2.32. The Bertz CT molecular complexity index is 484. The van der Waals surface area contributed by atoms with Gasteiger partial charge in [0, 0.05) is 11.1 Å². The van der Waals surface area contributed by atoms with E-state index in [1.54, 1.807) is 7.11 Å². The van der Waals surface area contributed by atoms with E-state index in [1.165, 1.54) is 0 Å². The van der Waals surface area contributed by atoms with Crippen molar-refractivity contribution in [2.24, 2.45) is 0 Å². The van der Waals surface area contributed by atoms with Crippen LogP contribution in [-0.2, 0) is 15.6 Å². The van der Waals surface area contributed by atoms with Gasteiger partial charge in [0.15, 0.2) is 6.61 Å². The lowest BCUT2D eigenvalue weighted by Gasteiger charge is -2.30. The monoisotopic (exact) mass is 294 g/mol.